The molecule has 0 bridgehead atoms. The van der Waals surface area contributed by atoms with Crippen LogP contribution < -0.4 is 5.32 Å². The third-order valence-electron chi connectivity index (χ3n) is 5.15. The van der Waals surface area contributed by atoms with Crippen molar-refractivity contribution < 1.29 is 37.5 Å². The Labute approximate surface area is 182 Å². The molecule has 3 rings (SSSR count). The van der Waals surface area contributed by atoms with Gasteiger partial charge in [0.25, 0.3) is 5.91 Å². The van der Waals surface area contributed by atoms with Crippen LogP contribution in [0.3, 0.4) is 0 Å². The van der Waals surface area contributed by atoms with E-state index in [1.54, 1.807) is 29.4 Å². The molecule has 2 aliphatic rings. The number of hydrogen-bond acceptors (Lipinski definition) is 5. The van der Waals surface area contributed by atoms with Gasteiger partial charge in [-0.3, -0.25) is 19.4 Å². The van der Waals surface area contributed by atoms with E-state index in [1.807, 2.05) is 18.7 Å². The number of rotatable bonds is 2. The lowest BCUT2D eigenvalue weighted by Crippen LogP contribution is -2.45. The average Bonchev–Trinajstić information content (AvgIpc) is 2.98. The van der Waals surface area contributed by atoms with E-state index in [4.69, 9.17) is 9.90 Å². The molecule has 9 nitrogen and oxygen atoms in total. The summed E-state index contributed by atoms with van der Waals surface area (Å²) in [6, 6.07) is 3.38. The highest BCUT2D eigenvalue weighted by Gasteiger charge is 2.45. The van der Waals surface area contributed by atoms with Crippen molar-refractivity contribution in [2.24, 2.45) is 11.3 Å². The van der Waals surface area contributed by atoms with Gasteiger partial charge in [0, 0.05) is 68.4 Å². The Morgan fingerprint density at radius 3 is 2.12 bits per heavy atom. The Morgan fingerprint density at radius 2 is 1.66 bits per heavy atom. The number of alkyl halides is 3. The minimum atomic E-state index is -5.08. The predicted octanol–water partition coefficient (Wildman–Crippen LogP) is 1.16. The fourth-order valence-electron chi connectivity index (χ4n) is 3.64. The quantitative estimate of drug-likeness (QED) is 0.687. The maximum Gasteiger partial charge on any atom is 0.490 e. The van der Waals surface area contributed by atoms with Crippen LogP contribution in [0.25, 0.3) is 0 Å². The Bertz CT molecular complexity index is 863. The summed E-state index contributed by atoms with van der Waals surface area (Å²) in [5, 5.41) is 10.00. The highest BCUT2D eigenvalue weighted by Crippen LogP contribution is 2.32. The summed E-state index contributed by atoms with van der Waals surface area (Å²) in [5.74, 6) is -2.90. The number of halogens is 3. The number of carbonyl (C=O) groups is 4. The summed E-state index contributed by atoms with van der Waals surface area (Å²) >= 11 is 0. The largest absolute Gasteiger partial charge is 0.490 e. The van der Waals surface area contributed by atoms with Crippen LogP contribution in [0.15, 0.2) is 24.5 Å². The van der Waals surface area contributed by atoms with Crippen LogP contribution in [0.5, 0.6) is 0 Å². The summed E-state index contributed by atoms with van der Waals surface area (Å²) in [7, 11) is 0. The molecule has 3 heterocycles. The third-order valence-corrected chi connectivity index (χ3v) is 5.15. The molecule has 2 saturated heterocycles. The van der Waals surface area contributed by atoms with Crippen LogP contribution in [0.2, 0.25) is 0 Å². The smallest absolute Gasteiger partial charge is 0.475 e. The maximum atomic E-state index is 12.9. The van der Waals surface area contributed by atoms with E-state index >= 15 is 0 Å². The van der Waals surface area contributed by atoms with Gasteiger partial charge in [0.15, 0.2) is 0 Å². The molecule has 2 fully saturated rings. The topological polar surface area (TPSA) is 120 Å². The Balaban J connectivity index is 0.000000451. The van der Waals surface area contributed by atoms with Gasteiger partial charge in [0.05, 0.1) is 0 Å². The monoisotopic (exact) mass is 458 g/mol. The molecular formula is C20H25F3N4O5. The molecule has 1 spiro atoms. The van der Waals surface area contributed by atoms with Crippen molar-refractivity contribution in [2.45, 2.75) is 26.4 Å². The van der Waals surface area contributed by atoms with Gasteiger partial charge in [0.2, 0.25) is 11.8 Å². The zero-order chi connectivity index (χ0) is 24.1. The Hall–Kier alpha value is -3.18. The lowest BCUT2D eigenvalue weighted by molar-refractivity contribution is -0.192. The second-order valence-electron chi connectivity index (χ2n) is 8.13. The van der Waals surface area contributed by atoms with Gasteiger partial charge in [-0.1, -0.05) is 13.8 Å². The van der Waals surface area contributed by atoms with Crippen molar-refractivity contribution in [1.29, 1.82) is 0 Å². The van der Waals surface area contributed by atoms with Gasteiger partial charge in [0.1, 0.15) is 0 Å². The number of carbonyl (C=O) groups excluding carboxylic acids is 3. The number of carboxylic acids is 1. The van der Waals surface area contributed by atoms with E-state index in [2.05, 4.69) is 10.3 Å². The van der Waals surface area contributed by atoms with Gasteiger partial charge < -0.3 is 20.2 Å². The second-order valence-corrected chi connectivity index (χ2v) is 8.13. The van der Waals surface area contributed by atoms with Crippen LogP contribution >= 0.6 is 0 Å². The van der Waals surface area contributed by atoms with Crippen LogP contribution in [-0.4, -0.2) is 82.5 Å². The molecule has 1 atom stereocenters. The lowest BCUT2D eigenvalue weighted by Gasteiger charge is -2.33. The Kier molecular flexibility index (Phi) is 7.81. The molecule has 3 amide bonds. The van der Waals surface area contributed by atoms with Crippen molar-refractivity contribution >= 4 is 23.7 Å². The second kappa shape index (κ2) is 9.96. The number of nitrogens with zero attached hydrogens (tertiary/aromatic N) is 3. The van der Waals surface area contributed by atoms with Crippen molar-refractivity contribution in [3.05, 3.63) is 30.1 Å². The molecule has 2 aliphatic heterocycles. The van der Waals surface area contributed by atoms with Gasteiger partial charge in [-0.15, -0.1) is 0 Å². The molecule has 12 heteroatoms. The first-order chi connectivity index (χ1) is 14.8. The Morgan fingerprint density at radius 1 is 1.12 bits per heavy atom. The number of pyridine rings is 1. The SMILES string of the molecule is CC(C)C(=O)N1CCN(C(=O)c2ccncc2)CC2(CNC(=O)C2)C1.O=C(O)C(F)(F)F. The summed E-state index contributed by atoms with van der Waals surface area (Å²) in [6.07, 6.45) is -1.55. The van der Waals surface area contributed by atoms with E-state index in [1.165, 1.54) is 0 Å². The first-order valence-corrected chi connectivity index (χ1v) is 9.89. The molecule has 32 heavy (non-hydrogen) atoms. The van der Waals surface area contributed by atoms with E-state index < -0.39 is 17.6 Å². The van der Waals surface area contributed by atoms with Crippen LogP contribution in [0.4, 0.5) is 13.2 Å². The van der Waals surface area contributed by atoms with Crippen molar-refractivity contribution in [1.82, 2.24) is 20.1 Å². The highest BCUT2D eigenvalue weighted by atomic mass is 19.4. The van der Waals surface area contributed by atoms with E-state index in [-0.39, 0.29) is 23.6 Å². The first kappa shape index (κ1) is 25.1. The fourth-order valence-corrected chi connectivity index (χ4v) is 3.64. The van der Waals surface area contributed by atoms with E-state index in [9.17, 15) is 27.6 Å². The van der Waals surface area contributed by atoms with Crippen LogP contribution in [0.1, 0.15) is 30.6 Å². The van der Waals surface area contributed by atoms with Crippen molar-refractivity contribution in [3.63, 3.8) is 0 Å². The number of nitrogens with one attached hydrogen (secondary N) is 1. The standard InChI is InChI=1S/C18H24N4O3.C2HF3O2/c1-13(2)16(24)21-7-8-22(17(25)14-3-5-19-6-4-14)12-18(11-21)9-15(23)20-10-18;3-2(4,5)1(6)7/h3-6,13H,7-12H2,1-2H3,(H,20,23);(H,6,7). The molecule has 1 unspecified atom stereocenters. The minimum Gasteiger partial charge on any atom is -0.475 e. The number of aliphatic carboxylic acids is 1. The normalized spacial score (nSPS) is 21.0. The molecule has 1 aromatic rings. The first-order valence-electron chi connectivity index (χ1n) is 9.89. The number of amides is 3. The van der Waals surface area contributed by atoms with E-state index in [0.29, 0.717) is 44.7 Å². The number of aromatic nitrogens is 1. The molecule has 0 aliphatic carbocycles. The summed E-state index contributed by atoms with van der Waals surface area (Å²) in [5.41, 5.74) is 0.159. The number of carboxylic acid groups (broad SMARTS) is 1. The molecule has 1 aromatic heterocycles. The summed E-state index contributed by atoms with van der Waals surface area (Å²) in [4.78, 5) is 53.7. The zero-order valence-electron chi connectivity index (χ0n) is 17.7. The van der Waals surface area contributed by atoms with Crippen LogP contribution in [-0.2, 0) is 14.4 Å². The lowest BCUT2D eigenvalue weighted by atomic mass is 9.85. The van der Waals surface area contributed by atoms with Gasteiger partial charge >= 0.3 is 12.1 Å². The molecule has 0 radical (unpaired) electrons. The average molecular weight is 458 g/mol. The van der Waals surface area contributed by atoms with Gasteiger partial charge in [-0.2, -0.15) is 13.2 Å². The molecule has 0 saturated carbocycles. The van der Waals surface area contributed by atoms with Crippen molar-refractivity contribution in [2.75, 3.05) is 32.7 Å². The molecular weight excluding hydrogens is 433 g/mol. The van der Waals surface area contributed by atoms with E-state index in [0.717, 1.165) is 0 Å². The van der Waals surface area contributed by atoms with Gasteiger partial charge in [-0.05, 0) is 12.1 Å². The maximum absolute atomic E-state index is 12.9. The zero-order valence-corrected chi connectivity index (χ0v) is 17.7. The molecule has 176 valence electrons. The highest BCUT2D eigenvalue weighted by molar-refractivity contribution is 5.94. The molecule has 0 aromatic carbocycles. The minimum absolute atomic E-state index is 0.0184. The summed E-state index contributed by atoms with van der Waals surface area (Å²) < 4.78 is 31.7. The summed E-state index contributed by atoms with van der Waals surface area (Å²) in [6.45, 7) is 6.17. The molecule has 2 N–H and O–H groups in total. The predicted molar refractivity (Wildman–Crippen MR) is 105 cm³/mol. The number of hydrogen-bond donors (Lipinski definition) is 2. The van der Waals surface area contributed by atoms with Crippen molar-refractivity contribution in [3.8, 4) is 0 Å². The third kappa shape index (κ3) is 6.41. The fraction of sp³-hybridized carbons (Fsp3) is 0.550. The van der Waals surface area contributed by atoms with Crippen LogP contribution in [0, 0.1) is 11.3 Å². The van der Waals surface area contributed by atoms with Gasteiger partial charge in [-0.25, -0.2) is 4.79 Å².